The molecule has 0 aliphatic carbocycles. The van der Waals surface area contributed by atoms with Crippen LogP contribution in [0.25, 0.3) is 0 Å². The molecule has 0 radical (unpaired) electrons. The van der Waals surface area contributed by atoms with Crippen LogP contribution in [-0.2, 0) is 15.5 Å². The second-order valence-corrected chi connectivity index (χ2v) is 5.84. The van der Waals surface area contributed by atoms with Crippen molar-refractivity contribution in [2.75, 3.05) is 32.1 Å². The first-order valence-electron chi connectivity index (χ1n) is 6.00. The van der Waals surface area contributed by atoms with E-state index in [1.54, 1.807) is 0 Å². The van der Waals surface area contributed by atoms with Gasteiger partial charge in [0.25, 0.3) is 0 Å². The van der Waals surface area contributed by atoms with Gasteiger partial charge in [0.1, 0.15) is 0 Å². The second-order valence-electron chi connectivity index (χ2n) is 4.00. The molecule has 1 fully saturated rings. The summed E-state index contributed by atoms with van der Waals surface area (Å²) in [7, 11) is -0.632. The zero-order valence-electron chi connectivity index (χ0n) is 9.67. The van der Waals surface area contributed by atoms with Crippen LogP contribution in [0.5, 0.6) is 0 Å². The Kier molecular flexibility index (Phi) is 7.22. The van der Waals surface area contributed by atoms with Crippen molar-refractivity contribution in [3.05, 3.63) is 0 Å². The van der Waals surface area contributed by atoms with Crippen LogP contribution < -0.4 is 5.32 Å². The Morgan fingerprint density at radius 2 is 2.07 bits per heavy atom. The van der Waals surface area contributed by atoms with E-state index in [9.17, 15) is 4.21 Å². The molecule has 1 unspecified atom stereocenters. The maximum atomic E-state index is 11.9. The van der Waals surface area contributed by atoms with E-state index in [0.29, 0.717) is 5.25 Å². The monoisotopic (exact) mass is 233 g/mol. The van der Waals surface area contributed by atoms with Gasteiger partial charge in [-0.3, -0.25) is 4.21 Å². The van der Waals surface area contributed by atoms with Crippen LogP contribution in [-0.4, -0.2) is 41.5 Å². The van der Waals surface area contributed by atoms with Gasteiger partial charge in [-0.05, 0) is 38.8 Å². The zero-order chi connectivity index (χ0) is 10.9. The Balaban J connectivity index is 2.02. The van der Waals surface area contributed by atoms with Crippen molar-refractivity contribution in [3.63, 3.8) is 0 Å². The highest BCUT2D eigenvalue weighted by Gasteiger charge is 2.19. The Morgan fingerprint density at radius 3 is 2.73 bits per heavy atom. The van der Waals surface area contributed by atoms with Crippen molar-refractivity contribution in [2.24, 2.45) is 0 Å². The van der Waals surface area contributed by atoms with Gasteiger partial charge in [0.2, 0.25) is 0 Å². The molecule has 90 valence electrons. The molecule has 0 spiro atoms. The van der Waals surface area contributed by atoms with Crippen LogP contribution in [0.2, 0.25) is 0 Å². The summed E-state index contributed by atoms with van der Waals surface area (Å²) >= 11 is 0. The van der Waals surface area contributed by atoms with Crippen molar-refractivity contribution in [1.82, 2.24) is 5.32 Å². The number of ether oxygens (including phenoxy) is 1. The van der Waals surface area contributed by atoms with E-state index in [1.165, 1.54) is 6.42 Å². The zero-order valence-corrected chi connectivity index (χ0v) is 10.5. The van der Waals surface area contributed by atoms with Crippen LogP contribution in [0.3, 0.4) is 0 Å². The third-order valence-corrected chi connectivity index (χ3v) is 4.57. The molecule has 1 saturated heterocycles. The first-order valence-corrected chi connectivity index (χ1v) is 7.38. The molecule has 4 heteroatoms. The Bertz CT molecular complexity index is 181. The molecule has 0 bridgehead atoms. The van der Waals surface area contributed by atoms with E-state index < -0.39 is 10.8 Å². The highest BCUT2D eigenvalue weighted by molar-refractivity contribution is 7.85. The van der Waals surface area contributed by atoms with Gasteiger partial charge in [-0.25, -0.2) is 0 Å². The van der Waals surface area contributed by atoms with Crippen molar-refractivity contribution >= 4 is 10.8 Å². The van der Waals surface area contributed by atoms with Gasteiger partial charge >= 0.3 is 0 Å². The molecular formula is C11H23NO2S. The summed E-state index contributed by atoms with van der Waals surface area (Å²) < 4.78 is 17.1. The minimum atomic E-state index is -0.632. The Labute approximate surface area is 95.4 Å². The molecule has 1 rings (SSSR count). The van der Waals surface area contributed by atoms with Crippen molar-refractivity contribution in [3.8, 4) is 0 Å². The molecule has 1 N–H and O–H groups in total. The fourth-order valence-electron chi connectivity index (χ4n) is 1.75. The minimum Gasteiger partial charge on any atom is -0.381 e. The smallest absolute Gasteiger partial charge is 0.0477 e. The molecule has 1 aliphatic heterocycles. The van der Waals surface area contributed by atoms with Gasteiger partial charge < -0.3 is 10.1 Å². The molecular weight excluding hydrogens is 210 g/mol. The van der Waals surface area contributed by atoms with Crippen LogP contribution in [0.1, 0.15) is 32.6 Å². The maximum absolute atomic E-state index is 11.9. The van der Waals surface area contributed by atoms with E-state index in [1.807, 2.05) is 0 Å². The Morgan fingerprint density at radius 1 is 1.33 bits per heavy atom. The van der Waals surface area contributed by atoms with E-state index in [-0.39, 0.29) is 0 Å². The number of hydrogen-bond acceptors (Lipinski definition) is 3. The number of nitrogens with one attached hydrogen (secondary N) is 1. The molecule has 0 saturated carbocycles. The molecule has 15 heavy (non-hydrogen) atoms. The third kappa shape index (κ3) is 5.64. The summed E-state index contributed by atoms with van der Waals surface area (Å²) in [5.74, 6) is 0.849. The van der Waals surface area contributed by atoms with Crippen LogP contribution in [0.15, 0.2) is 0 Å². The molecule has 0 aromatic carbocycles. The molecule has 1 aliphatic rings. The fraction of sp³-hybridized carbons (Fsp3) is 1.00. The van der Waals surface area contributed by atoms with Crippen LogP contribution >= 0.6 is 0 Å². The molecule has 0 amide bonds. The number of rotatable bonds is 7. The lowest BCUT2D eigenvalue weighted by molar-refractivity contribution is 0.0992. The lowest BCUT2D eigenvalue weighted by Gasteiger charge is -2.21. The predicted octanol–water partition coefficient (Wildman–Crippen LogP) is 1.30. The van der Waals surface area contributed by atoms with Gasteiger partial charge in [0.05, 0.1) is 0 Å². The lowest BCUT2D eigenvalue weighted by atomic mass is 10.2. The SMILES string of the molecule is CCCNCCCS(=O)C1CCOCC1. The molecule has 1 atom stereocenters. The summed E-state index contributed by atoms with van der Waals surface area (Å²) in [6.07, 6.45) is 4.16. The summed E-state index contributed by atoms with van der Waals surface area (Å²) in [4.78, 5) is 0. The largest absolute Gasteiger partial charge is 0.381 e. The van der Waals surface area contributed by atoms with E-state index >= 15 is 0 Å². The molecule has 0 aromatic heterocycles. The predicted molar refractivity (Wildman–Crippen MR) is 64.6 cm³/mol. The van der Waals surface area contributed by atoms with E-state index in [2.05, 4.69) is 12.2 Å². The van der Waals surface area contributed by atoms with E-state index in [4.69, 9.17) is 4.74 Å². The molecule has 3 nitrogen and oxygen atoms in total. The quantitative estimate of drug-likeness (QED) is 0.674. The standard InChI is InChI=1S/C11H23NO2S/c1-2-6-12-7-3-10-15(13)11-4-8-14-9-5-11/h11-12H,2-10H2,1H3. The summed E-state index contributed by atoms with van der Waals surface area (Å²) in [5.41, 5.74) is 0. The van der Waals surface area contributed by atoms with E-state index in [0.717, 1.165) is 51.3 Å². The maximum Gasteiger partial charge on any atom is 0.0477 e. The normalized spacial score (nSPS) is 20.3. The first kappa shape index (κ1) is 13.1. The minimum absolute atomic E-state index is 0.393. The molecule has 0 aromatic rings. The third-order valence-electron chi connectivity index (χ3n) is 2.67. The summed E-state index contributed by atoms with van der Waals surface area (Å²) in [6, 6.07) is 0. The fourth-order valence-corrected chi connectivity index (χ4v) is 3.23. The van der Waals surface area contributed by atoms with Crippen LogP contribution in [0.4, 0.5) is 0 Å². The first-order chi connectivity index (χ1) is 7.34. The summed E-state index contributed by atoms with van der Waals surface area (Å²) in [6.45, 7) is 5.83. The molecule has 1 heterocycles. The van der Waals surface area contributed by atoms with Gasteiger partial charge in [-0.2, -0.15) is 0 Å². The van der Waals surface area contributed by atoms with Gasteiger partial charge in [-0.1, -0.05) is 6.92 Å². The average molecular weight is 233 g/mol. The summed E-state index contributed by atoms with van der Waals surface area (Å²) in [5, 5.41) is 3.73. The van der Waals surface area contributed by atoms with Crippen molar-refractivity contribution in [1.29, 1.82) is 0 Å². The van der Waals surface area contributed by atoms with Gasteiger partial charge in [0.15, 0.2) is 0 Å². The van der Waals surface area contributed by atoms with Crippen LogP contribution in [0, 0.1) is 0 Å². The second kappa shape index (κ2) is 8.25. The van der Waals surface area contributed by atoms with Gasteiger partial charge in [-0.15, -0.1) is 0 Å². The van der Waals surface area contributed by atoms with Gasteiger partial charge in [0, 0.05) is 35.0 Å². The lowest BCUT2D eigenvalue weighted by Crippen LogP contribution is -2.27. The number of hydrogen-bond donors (Lipinski definition) is 1. The van der Waals surface area contributed by atoms with Crippen molar-refractivity contribution < 1.29 is 8.95 Å². The highest BCUT2D eigenvalue weighted by Crippen LogP contribution is 2.13. The highest BCUT2D eigenvalue weighted by atomic mass is 32.2. The Hall–Kier alpha value is 0.0700. The van der Waals surface area contributed by atoms with Crippen molar-refractivity contribution in [2.45, 2.75) is 37.9 Å². The average Bonchev–Trinajstić information content (AvgIpc) is 2.30. The topological polar surface area (TPSA) is 38.3 Å².